The Morgan fingerprint density at radius 2 is 1.80 bits per heavy atom. The molecule has 0 spiro atoms. The Kier molecular flexibility index (Phi) is 7.78. The fourth-order valence-corrected chi connectivity index (χ4v) is 4.03. The number of hydrogen-bond acceptors (Lipinski definition) is 4. The molecule has 0 aliphatic carbocycles. The van der Waals surface area contributed by atoms with Gasteiger partial charge in [0.2, 0.25) is 10.0 Å². The molecule has 5 nitrogen and oxygen atoms in total. The second-order valence-corrected chi connectivity index (χ2v) is 9.02. The summed E-state index contributed by atoms with van der Waals surface area (Å²) in [6, 6.07) is 4.54. The van der Waals surface area contributed by atoms with Crippen LogP contribution in [0.5, 0.6) is 0 Å². The number of carbonyl (C=O) groups excluding carboxylic acids is 2. The molecule has 0 heterocycles. The van der Waals surface area contributed by atoms with Crippen molar-refractivity contribution in [1.82, 2.24) is 4.31 Å². The van der Waals surface area contributed by atoms with Crippen molar-refractivity contribution in [2.75, 3.05) is 14.1 Å². The van der Waals surface area contributed by atoms with Crippen LogP contribution in [0.15, 0.2) is 23.1 Å². The fraction of sp³-hybridized carbons (Fsp3) is 0.556. The molecule has 0 radical (unpaired) electrons. The van der Waals surface area contributed by atoms with E-state index in [1.54, 1.807) is 19.9 Å². The highest BCUT2D eigenvalue weighted by Crippen LogP contribution is 2.29. The molecular weight excluding hydrogens is 362 g/mol. The Labute approximate surface area is 155 Å². The summed E-state index contributed by atoms with van der Waals surface area (Å²) in [5, 5.41) is 0.0839. The first-order valence-corrected chi connectivity index (χ1v) is 10.1. The molecule has 0 amide bonds. The maximum absolute atomic E-state index is 12.6. The molecule has 1 rings (SSSR count). The number of Topliss-reactive ketones (excluding diaryl/α,β-unsaturated/α-hetero) is 2. The van der Waals surface area contributed by atoms with Crippen molar-refractivity contribution in [1.29, 1.82) is 0 Å². The van der Waals surface area contributed by atoms with Crippen molar-refractivity contribution in [3.05, 3.63) is 28.8 Å². The van der Waals surface area contributed by atoms with E-state index in [1.807, 2.05) is 6.92 Å². The van der Waals surface area contributed by atoms with E-state index in [9.17, 15) is 18.0 Å². The lowest BCUT2D eigenvalue weighted by Gasteiger charge is -2.18. The molecular formula is C18H26ClNO4S. The zero-order valence-corrected chi connectivity index (χ0v) is 16.9. The van der Waals surface area contributed by atoms with E-state index in [4.69, 9.17) is 11.6 Å². The molecule has 25 heavy (non-hydrogen) atoms. The van der Waals surface area contributed by atoms with Crippen LogP contribution in [0.2, 0.25) is 5.02 Å². The number of hydrogen-bond donors (Lipinski definition) is 0. The normalized spacial score (nSPS) is 14.4. The van der Waals surface area contributed by atoms with Crippen LogP contribution in [0.1, 0.15) is 51.5 Å². The van der Waals surface area contributed by atoms with Gasteiger partial charge in [0.05, 0.1) is 5.02 Å². The third-order valence-electron chi connectivity index (χ3n) is 4.19. The van der Waals surface area contributed by atoms with Crippen LogP contribution in [0.25, 0.3) is 0 Å². The van der Waals surface area contributed by atoms with Gasteiger partial charge in [-0.05, 0) is 24.1 Å². The van der Waals surface area contributed by atoms with Crippen molar-refractivity contribution in [3.8, 4) is 0 Å². The molecule has 2 atom stereocenters. The van der Waals surface area contributed by atoms with Gasteiger partial charge < -0.3 is 0 Å². The number of rotatable bonds is 9. The largest absolute Gasteiger partial charge is 0.300 e. The Bertz CT molecular complexity index is 743. The summed E-state index contributed by atoms with van der Waals surface area (Å²) in [5.74, 6) is -0.805. The standard InChI is InChI=1S/C18H26ClNO4S/c1-6-7-15(21)10-12(2)18(22)13(3)14-8-9-17(16(19)11-14)25(23,24)20(4)5/h8-9,11-13H,6-7,10H2,1-5H3. The molecule has 0 aromatic heterocycles. The maximum Gasteiger partial charge on any atom is 0.244 e. The predicted octanol–water partition coefficient (Wildman–Crippen LogP) is 3.66. The third kappa shape index (κ3) is 5.36. The summed E-state index contributed by atoms with van der Waals surface area (Å²) in [6.07, 6.45) is 1.49. The van der Waals surface area contributed by atoms with Gasteiger partial charge in [0.1, 0.15) is 16.5 Å². The van der Waals surface area contributed by atoms with Gasteiger partial charge in [0.15, 0.2) is 0 Å². The van der Waals surface area contributed by atoms with Crippen LogP contribution in [-0.2, 0) is 19.6 Å². The highest BCUT2D eigenvalue weighted by molar-refractivity contribution is 7.89. The summed E-state index contributed by atoms with van der Waals surface area (Å²) in [7, 11) is -0.774. The first kappa shape index (κ1) is 21.8. The molecule has 140 valence electrons. The number of halogens is 1. The molecule has 1 aromatic carbocycles. The average Bonchev–Trinajstić information content (AvgIpc) is 2.52. The van der Waals surface area contributed by atoms with Gasteiger partial charge >= 0.3 is 0 Å². The molecule has 0 saturated heterocycles. The molecule has 0 N–H and O–H groups in total. The van der Waals surface area contributed by atoms with Crippen LogP contribution in [0.4, 0.5) is 0 Å². The molecule has 0 bridgehead atoms. The highest BCUT2D eigenvalue weighted by Gasteiger charge is 2.26. The van der Waals surface area contributed by atoms with Crippen LogP contribution in [0, 0.1) is 5.92 Å². The van der Waals surface area contributed by atoms with E-state index < -0.39 is 15.9 Å². The lowest BCUT2D eigenvalue weighted by Crippen LogP contribution is -2.23. The van der Waals surface area contributed by atoms with Gasteiger partial charge in [0, 0.05) is 38.8 Å². The Hall–Kier alpha value is -1.24. The fourth-order valence-electron chi connectivity index (χ4n) is 2.61. The molecule has 7 heteroatoms. The van der Waals surface area contributed by atoms with Crippen LogP contribution in [-0.4, -0.2) is 38.4 Å². The minimum atomic E-state index is -3.64. The smallest absolute Gasteiger partial charge is 0.244 e. The lowest BCUT2D eigenvalue weighted by atomic mass is 9.86. The van der Waals surface area contributed by atoms with E-state index in [0.29, 0.717) is 12.0 Å². The minimum Gasteiger partial charge on any atom is -0.300 e. The lowest BCUT2D eigenvalue weighted by molar-refractivity contribution is -0.128. The first-order valence-electron chi connectivity index (χ1n) is 8.29. The van der Waals surface area contributed by atoms with E-state index in [0.717, 1.165) is 10.7 Å². The highest BCUT2D eigenvalue weighted by atomic mass is 35.5. The first-order chi connectivity index (χ1) is 11.5. The maximum atomic E-state index is 12.6. The molecule has 0 saturated carbocycles. The number of sulfonamides is 1. The van der Waals surface area contributed by atoms with E-state index in [1.165, 1.54) is 26.2 Å². The Morgan fingerprint density at radius 1 is 1.20 bits per heavy atom. The Balaban J connectivity index is 3.00. The van der Waals surface area contributed by atoms with Gasteiger partial charge in [-0.2, -0.15) is 0 Å². The Morgan fingerprint density at radius 3 is 2.28 bits per heavy atom. The summed E-state index contributed by atoms with van der Waals surface area (Å²) >= 11 is 6.14. The summed E-state index contributed by atoms with van der Waals surface area (Å²) in [6.45, 7) is 5.42. The van der Waals surface area contributed by atoms with E-state index in [-0.39, 0.29) is 33.8 Å². The molecule has 0 fully saturated rings. The second-order valence-electron chi connectivity index (χ2n) is 6.50. The average molecular weight is 388 g/mol. The van der Waals surface area contributed by atoms with Crippen molar-refractivity contribution in [2.45, 2.75) is 50.8 Å². The zero-order chi connectivity index (χ0) is 19.4. The van der Waals surface area contributed by atoms with Crippen molar-refractivity contribution >= 4 is 33.2 Å². The van der Waals surface area contributed by atoms with Crippen molar-refractivity contribution in [2.24, 2.45) is 5.92 Å². The van der Waals surface area contributed by atoms with E-state index >= 15 is 0 Å². The molecule has 0 aliphatic rings. The predicted molar refractivity (Wildman–Crippen MR) is 99.4 cm³/mol. The monoisotopic (exact) mass is 387 g/mol. The number of ketones is 2. The SMILES string of the molecule is CCCC(=O)CC(C)C(=O)C(C)c1ccc(S(=O)(=O)N(C)C)c(Cl)c1. The number of nitrogens with zero attached hydrogens (tertiary/aromatic N) is 1. The van der Waals surface area contributed by atoms with Crippen LogP contribution < -0.4 is 0 Å². The van der Waals surface area contributed by atoms with Gasteiger partial charge in [0.25, 0.3) is 0 Å². The van der Waals surface area contributed by atoms with Gasteiger partial charge in [-0.1, -0.05) is 38.4 Å². The summed E-state index contributed by atoms with van der Waals surface area (Å²) in [4.78, 5) is 24.3. The van der Waals surface area contributed by atoms with Gasteiger partial charge in [-0.3, -0.25) is 9.59 Å². The van der Waals surface area contributed by atoms with Gasteiger partial charge in [-0.25, -0.2) is 12.7 Å². The molecule has 0 aliphatic heterocycles. The van der Waals surface area contributed by atoms with Gasteiger partial charge in [-0.15, -0.1) is 0 Å². The topological polar surface area (TPSA) is 71.5 Å². The van der Waals surface area contributed by atoms with Crippen molar-refractivity contribution in [3.63, 3.8) is 0 Å². The summed E-state index contributed by atoms with van der Waals surface area (Å²) in [5.41, 5.74) is 0.641. The minimum absolute atomic E-state index is 0.00809. The summed E-state index contributed by atoms with van der Waals surface area (Å²) < 4.78 is 25.5. The molecule has 1 aromatic rings. The number of carbonyl (C=O) groups is 2. The number of benzene rings is 1. The van der Waals surface area contributed by atoms with E-state index in [2.05, 4.69) is 0 Å². The third-order valence-corrected chi connectivity index (χ3v) is 6.49. The van der Waals surface area contributed by atoms with Crippen LogP contribution in [0.3, 0.4) is 0 Å². The van der Waals surface area contributed by atoms with Crippen LogP contribution >= 0.6 is 11.6 Å². The quantitative estimate of drug-likeness (QED) is 0.648. The second kappa shape index (κ2) is 8.92. The van der Waals surface area contributed by atoms with Crippen molar-refractivity contribution < 1.29 is 18.0 Å². The zero-order valence-electron chi connectivity index (χ0n) is 15.4. The molecule has 2 unspecified atom stereocenters.